The number of hydrogen-bond donors (Lipinski definition) is 3. The number of amides is 2. The van der Waals surface area contributed by atoms with Gasteiger partial charge in [0.1, 0.15) is 0 Å². The quantitative estimate of drug-likeness (QED) is 0.631. The lowest BCUT2D eigenvalue weighted by Crippen LogP contribution is -2.31. The van der Waals surface area contributed by atoms with Gasteiger partial charge in [-0.1, -0.05) is 23.2 Å². The molecule has 1 saturated heterocycles. The molecule has 3 rings (SSSR count). The fourth-order valence-corrected chi connectivity index (χ4v) is 3.11. The van der Waals surface area contributed by atoms with Gasteiger partial charge in [-0.3, -0.25) is 9.59 Å². The highest BCUT2D eigenvalue weighted by Crippen LogP contribution is 2.25. The first-order valence-electron chi connectivity index (χ1n) is 9.00. The summed E-state index contributed by atoms with van der Waals surface area (Å²) in [6.45, 7) is 1.36. The largest absolute Gasteiger partial charge is 0.376 e. The van der Waals surface area contributed by atoms with Crippen LogP contribution in [-0.2, 0) is 9.53 Å². The Balaban J connectivity index is 1.44. The molecule has 148 valence electrons. The standard InChI is InChI=1S/C20H21Cl2N3O3/c21-17-8-7-15(10-18(17)22)25-19(26)12-23-14-5-3-13(4-6-14)20(27)24-11-16-2-1-9-28-16/h3-8,10,16,23H,1-2,9,11-12H2,(H,24,27)(H,25,26). The second kappa shape index (κ2) is 9.78. The molecule has 0 bridgehead atoms. The summed E-state index contributed by atoms with van der Waals surface area (Å²) in [7, 11) is 0. The number of anilines is 2. The highest BCUT2D eigenvalue weighted by molar-refractivity contribution is 6.42. The van der Waals surface area contributed by atoms with E-state index in [2.05, 4.69) is 16.0 Å². The Hall–Kier alpha value is -2.28. The van der Waals surface area contributed by atoms with E-state index in [1.807, 2.05) is 0 Å². The Labute approximate surface area is 173 Å². The van der Waals surface area contributed by atoms with Crippen molar-refractivity contribution in [3.63, 3.8) is 0 Å². The minimum Gasteiger partial charge on any atom is -0.376 e. The predicted octanol–water partition coefficient (Wildman–Crippen LogP) is 3.95. The van der Waals surface area contributed by atoms with Gasteiger partial charge < -0.3 is 20.7 Å². The van der Waals surface area contributed by atoms with Gasteiger partial charge in [0, 0.05) is 30.1 Å². The van der Waals surface area contributed by atoms with Gasteiger partial charge in [0.15, 0.2) is 0 Å². The Bertz CT molecular complexity index is 837. The average Bonchev–Trinajstić information content (AvgIpc) is 3.21. The molecule has 2 aromatic carbocycles. The summed E-state index contributed by atoms with van der Waals surface area (Å²) in [5, 5.41) is 9.43. The lowest BCUT2D eigenvalue weighted by Gasteiger charge is -2.11. The lowest BCUT2D eigenvalue weighted by atomic mass is 10.2. The van der Waals surface area contributed by atoms with Crippen molar-refractivity contribution in [2.45, 2.75) is 18.9 Å². The first kappa shape index (κ1) is 20.5. The molecule has 8 heteroatoms. The van der Waals surface area contributed by atoms with Crippen molar-refractivity contribution in [3.05, 3.63) is 58.1 Å². The van der Waals surface area contributed by atoms with Crippen LogP contribution in [0.25, 0.3) is 0 Å². The summed E-state index contributed by atoms with van der Waals surface area (Å²) in [4.78, 5) is 24.2. The van der Waals surface area contributed by atoms with E-state index in [0.717, 1.165) is 25.1 Å². The van der Waals surface area contributed by atoms with Gasteiger partial charge in [-0.2, -0.15) is 0 Å². The molecule has 2 amide bonds. The highest BCUT2D eigenvalue weighted by atomic mass is 35.5. The van der Waals surface area contributed by atoms with Gasteiger partial charge in [0.25, 0.3) is 5.91 Å². The van der Waals surface area contributed by atoms with Gasteiger partial charge in [0.2, 0.25) is 5.91 Å². The molecular formula is C20H21Cl2N3O3. The van der Waals surface area contributed by atoms with Crippen molar-refractivity contribution in [2.24, 2.45) is 0 Å². The van der Waals surface area contributed by atoms with E-state index < -0.39 is 0 Å². The summed E-state index contributed by atoms with van der Waals surface area (Å²) in [6, 6.07) is 11.8. The maximum absolute atomic E-state index is 12.2. The number of hydrogen-bond acceptors (Lipinski definition) is 4. The van der Waals surface area contributed by atoms with Gasteiger partial charge in [0.05, 0.1) is 22.7 Å². The molecule has 0 spiro atoms. The van der Waals surface area contributed by atoms with Crippen LogP contribution in [-0.4, -0.2) is 37.6 Å². The molecule has 0 aliphatic carbocycles. The summed E-state index contributed by atoms with van der Waals surface area (Å²) >= 11 is 11.8. The zero-order chi connectivity index (χ0) is 19.9. The fourth-order valence-electron chi connectivity index (χ4n) is 2.81. The second-order valence-electron chi connectivity index (χ2n) is 6.45. The Morgan fingerprint density at radius 2 is 1.79 bits per heavy atom. The van der Waals surface area contributed by atoms with E-state index in [1.165, 1.54) is 0 Å². The number of ether oxygens (including phenoxy) is 1. The smallest absolute Gasteiger partial charge is 0.251 e. The third-order valence-corrected chi connectivity index (χ3v) is 5.06. The zero-order valence-electron chi connectivity index (χ0n) is 15.1. The Morgan fingerprint density at radius 1 is 1.04 bits per heavy atom. The van der Waals surface area contributed by atoms with E-state index in [0.29, 0.717) is 27.8 Å². The molecule has 28 heavy (non-hydrogen) atoms. The van der Waals surface area contributed by atoms with Crippen LogP contribution >= 0.6 is 23.2 Å². The average molecular weight is 422 g/mol. The molecule has 2 aromatic rings. The van der Waals surface area contributed by atoms with Crippen molar-refractivity contribution in [3.8, 4) is 0 Å². The van der Waals surface area contributed by atoms with Crippen molar-refractivity contribution in [2.75, 3.05) is 30.3 Å². The molecule has 1 aliphatic heterocycles. The highest BCUT2D eigenvalue weighted by Gasteiger charge is 2.16. The van der Waals surface area contributed by atoms with Gasteiger partial charge in [-0.05, 0) is 55.3 Å². The third-order valence-electron chi connectivity index (χ3n) is 4.32. The van der Waals surface area contributed by atoms with E-state index in [9.17, 15) is 9.59 Å². The number of carbonyl (C=O) groups excluding carboxylic acids is 2. The summed E-state index contributed by atoms with van der Waals surface area (Å²) < 4.78 is 5.49. The van der Waals surface area contributed by atoms with Crippen LogP contribution in [0.3, 0.4) is 0 Å². The van der Waals surface area contributed by atoms with Gasteiger partial charge in [-0.25, -0.2) is 0 Å². The summed E-state index contributed by atoms with van der Waals surface area (Å²) in [5.74, 6) is -0.365. The van der Waals surface area contributed by atoms with E-state index >= 15 is 0 Å². The van der Waals surface area contributed by atoms with E-state index in [4.69, 9.17) is 27.9 Å². The number of carbonyl (C=O) groups is 2. The summed E-state index contributed by atoms with van der Waals surface area (Å²) in [5.41, 5.74) is 1.86. The van der Waals surface area contributed by atoms with Crippen LogP contribution in [0, 0.1) is 0 Å². The predicted molar refractivity (Wildman–Crippen MR) is 111 cm³/mol. The van der Waals surface area contributed by atoms with Crippen LogP contribution in [0.5, 0.6) is 0 Å². The Morgan fingerprint density at radius 3 is 2.46 bits per heavy atom. The molecule has 1 atom stereocenters. The molecule has 1 unspecified atom stereocenters. The Kier molecular flexibility index (Phi) is 7.14. The molecule has 0 saturated carbocycles. The van der Waals surface area contributed by atoms with Crippen molar-refractivity contribution < 1.29 is 14.3 Å². The second-order valence-corrected chi connectivity index (χ2v) is 7.27. The van der Waals surface area contributed by atoms with Crippen molar-refractivity contribution >= 4 is 46.4 Å². The molecule has 3 N–H and O–H groups in total. The lowest BCUT2D eigenvalue weighted by molar-refractivity contribution is -0.114. The number of nitrogens with one attached hydrogen (secondary N) is 3. The van der Waals surface area contributed by atoms with Crippen molar-refractivity contribution in [1.29, 1.82) is 0 Å². The van der Waals surface area contributed by atoms with Gasteiger partial charge in [-0.15, -0.1) is 0 Å². The van der Waals surface area contributed by atoms with Crippen molar-refractivity contribution in [1.82, 2.24) is 5.32 Å². The summed E-state index contributed by atoms with van der Waals surface area (Å²) in [6.07, 6.45) is 2.13. The molecule has 0 radical (unpaired) electrons. The first-order chi connectivity index (χ1) is 13.5. The topological polar surface area (TPSA) is 79.5 Å². The van der Waals surface area contributed by atoms with Gasteiger partial charge >= 0.3 is 0 Å². The SMILES string of the molecule is O=C(CNc1ccc(C(=O)NCC2CCCO2)cc1)Nc1ccc(Cl)c(Cl)c1. The number of halogens is 2. The maximum atomic E-state index is 12.2. The van der Waals surface area contributed by atoms with Crippen LogP contribution < -0.4 is 16.0 Å². The molecule has 0 aromatic heterocycles. The third kappa shape index (κ3) is 5.86. The molecule has 6 nitrogen and oxygen atoms in total. The van der Waals surface area contributed by atoms with Crippen LogP contribution in [0.4, 0.5) is 11.4 Å². The number of benzene rings is 2. The maximum Gasteiger partial charge on any atom is 0.251 e. The molecule has 1 heterocycles. The van der Waals surface area contributed by atoms with Crippen LogP contribution in [0.15, 0.2) is 42.5 Å². The normalized spacial score (nSPS) is 15.9. The molecule has 1 fully saturated rings. The monoisotopic (exact) mass is 421 g/mol. The van der Waals surface area contributed by atoms with Crippen LogP contribution in [0.2, 0.25) is 10.0 Å². The minimum absolute atomic E-state index is 0.0742. The minimum atomic E-state index is -0.225. The zero-order valence-corrected chi connectivity index (χ0v) is 16.6. The number of rotatable bonds is 7. The first-order valence-corrected chi connectivity index (χ1v) is 9.75. The van der Waals surface area contributed by atoms with E-state index in [1.54, 1.807) is 42.5 Å². The molecule has 1 aliphatic rings. The molecular weight excluding hydrogens is 401 g/mol. The van der Waals surface area contributed by atoms with Crippen LogP contribution in [0.1, 0.15) is 23.2 Å². The fraction of sp³-hybridized carbons (Fsp3) is 0.300. The van der Waals surface area contributed by atoms with E-state index in [-0.39, 0.29) is 24.5 Å².